The van der Waals surface area contributed by atoms with Gasteiger partial charge >= 0.3 is 0 Å². The first-order valence-corrected chi connectivity index (χ1v) is 9.50. The first-order valence-electron chi connectivity index (χ1n) is 9.50. The second kappa shape index (κ2) is 11.5. The molecule has 0 aromatic rings. The highest BCUT2D eigenvalue weighted by atomic mass is 127. The minimum Gasteiger partial charge on any atom is -0.355 e. The van der Waals surface area contributed by atoms with Crippen molar-refractivity contribution in [2.45, 2.75) is 58.0 Å². The van der Waals surface area contributed by atoms with E-state index in [1.54, 1.807) is 0 Å². The molecule has 6 heteroatoms. The first kappa shape index (κ1) is 22.0. The molecule has 0 amide bonds. The fourth-order valence-electron chi connectivity index (χ4n) is 3.78. The van der Waals surface area contributed by atoms with Crippen molar-refractivity contribution >= 4 is 29.9 Å². The maximum absolute atomic E-state index is 4.44. The molecular formula is C18H38IN5. The Balaban J connectivity index is 0.00000288. The molecule has 2 N–H and O–H groups in total. The zero-order chi connectivity index (χ0) is 16.7. The van der Waals surface area contributed by atoms with Crippen LogP contribution in [0.1, 0.15) is 46.0 Å². The van der Waals surface area contributed by atoms with Crippen LogP contribution in [0.5, 0.6) is 0 Å². The van der Waals surface area contributed by atoms with Gasteiger partial charge in [0, 0.05) is 51.9 Å². The number of nitrogens with zero attached hydrogens (tertiary/aromatic N) is 3. The molecular weight excluding hydrogens is 413 g/mol. The number of piperazine rings is 1. The number of likely N-dealkylation sites (N-methyl/N-ethyl adjacent to an activating group) is 1. The molecule has 1 aliphatic heterocycles. The molecule has 1 saturated carbocycles. The summed E-state index contributed by atoms with van der Waals surface area (Å²) >= 11 is 0. The number of rotatable bonds is 5. The van der Waals surface area contributed by atoms with E-state index in [4.69, 9.17) is 0 Å². The van der Waals surface area contributed by atoms with Crippen molar-refractivity contribution in [3.8, 4) is 0 Å². The van der Waals surface area contributed by atoms with Crippen molar-refractivity contribution in [3.05, 3.63) is 0 Å². The molecule has 0 bridgehead atoms. The molecule has 5 nitrogen and oxygen atoms in total. The maximum atomic E-state index is 4.44. The van der Waals surface area contributed by atoms with Gasteiger partial charge in [0.25, 0.3) is 0 Å². The minimum atomic E-state index is 0. The molecule has 0 aromatic carbocycles. The maximum Gasteiger partial charge on any atom is 0.191 e. The highest BCUT2D eigenvalue weighted by Gasteiger charge is 2.25. The summed E-state index contributed by atoms with van der Waals surface area (Å²) in [6, 6.07) is 1.18. The summed E-state index contributed by atoms with van der Waals surface area (Å²) in [6.45, 7) is 10.4. The lowest BCUT2D eigenvalue weighted by Crippen LogP contribution is -2.55. The highest BCUT2D eigenvalue weighted by Crippen LogP contribution is 2.17. The largest absolute Gasteiger partial charge is 0.355 e. The summed E-state index contributed by atoms with van der Waals surface area (Å²) in [4.78, 5) is 9.50. The Morgan fingerprint density at radius 1 is 1.08 bits per heavy atom. The zero-order valence-electron chi connectivity index (χ0n) is 16.1. The van der Waals surface area contributed by atoms with Crippen molar-refractivity contribution in [1.82, 2.24) is 20.4 Å². The summed E-state index contributed by atoms with van der Waals surface area (Å²) in [5.41, 5.74) is 0. The quantitative estimate of drug-likeness (QED) is 0.383. The van der Waals surface area contributed by atoms with Gasteiger partial charge in [-0.2, -0.15) is 0 Å². The number of halogens is 1. The van der Waals surface area contributed by atoms with Gasteiger partial charge in [0.05, 0.1) is 0 Å². The second-order valence-corrected chi connectivity index (χ2v) is 7.58. The Bertz CT molecular complexity index is 360. The molecule has 24 heavy (non-hydrogen) atoms. The van der Waals surface area contributed by atoms with Gasteiger partial charge in [-0.3, -0.25) is 9.89 Å². The predicted molar refractivity (Wildman–Crippen MR) is 114 cm³/mol. The lowest BCUT2D eigenvalue weighted by Gasteiger charge is -2.40. The minimum absolute atomic E-state index is 0. The van der Waals surface area contributed by atoms with Crippen molar-refractivity contribution in [2.24, 2.45) is 10.9 Å². The van der Waals surface area contributed by atoms with Gasteiger partial charge in [-0.05, 0) is 25.8 Å². The Hall–Kier alpha value is -0.0800. The van der Waals surface area contributed by atoms with Crippen molar-refractivity contribution in [2.75, 3.05) is 46.8 Å². The van der Waals surface area contributed by atoms with Crippen LogP contribution in [0.25, 0.3) is 0 Å². The second-order valence-electron chi connectivity index (χ2n) is 7.58. The van der Waals surface area contributed by atoms with E-state index in [1.165, 1.54) is 58.3 Å². The molecule has 2 aliphatic rings. The van der Waals surface area contributed by atoms with E-state index in [-0.39, 0.29) is 24.0 Å². The number of guanidine groups is 1. The van der Waals surface area contributed by atoms with Gasteiger partial charge in [0.1, 0.15) is 0 Å². The highest BCUT2D eigenvalue weighted by molar-refractivity contribution is 14.0. The molecule has 1 aliphatic carbocycles. The van der Waals surface area contributed by atoms with Crippen LogP contribution < -0.4 is 10.6 Å². The summed E-state index contributed by atoms with van der Waals surface area (Å²) in [6.07, 6.45) is 6.66. The van der Waals surface area contributed by atoms with E-state index in [0.29, 0.717) is 18.0 Å². The van der Waals surface area contributed by atoms with Crippen molar-refractivity contribution < 1.29 is 0 Å². The Morgan fingerprint density at radius 2 is 1.71 bits per heavy atom. The van der Waals surface area contributed by atoms with Crippen LogP contribution >= 0.6 is 24.0 Å². The Kier molecular flexibility index (Phi) is 10.5. The molecule has 0 aromatic heterocycles. The normalized spacial score (nSPS) is 23.0. The summed E-state index contributed by atoms with van der Waals surface area (Å²) < 4.78 is 0. The monoisotopic (exact) mass is 451 g/mol. The average Bonchev–Trinajstić information content (AvgIpc) is 2.56. The van der Waals surface area contributed by atoms with E-state index in [0.717, 1.165) is 12.5 Å². The molecule has 1 heterocycles. The van der Waals surface area contributed by atoms with Gasteiger partial charge in [0.15, 0.2) is 5.96 Å². The third-order valence-corrected chi connectivity index (χ3v) is 5.42. The van der Waals surface area contributed by atoms with E-state index >= 15 is 0 Å². The molecule has 2 rings (SSSR count). The third-order valence-electron chi connectivity index (χ3n) is 5.42. The predicted octanol–water partition coefficient (Wildman–Crippen LogP) is 2.37. The first-order chi connectivity index (χ1) is 11.1. The van der Waals surface area contributed by atoms with Crippen LogP contribution in [0.15, 0.2) is 4.99 Å². The summed E-state index contributed by atoms with van der Waals surface area (Å²) in [7, 11) is 4.11. The van der Waals surface area contributed by atoms with Crippen LogP contribution in [0.2, 0.25) is 0 Å². The van der Waals surface area contributed by atoms with E-state index in [2.05, 4.69) is 46.3 Å². The van der Waals surface area contributed by atoms with Crippen molar-refractivity contribution in [3.63, 3.8) is 0 Å². The Morgan fingerprint density at radius 3 is 2.25 bits per heavy atom. The molecule has 0 spiro atoms. The SMILES string of the molecule is CN=C(NCC(C(C)C)N1CCN(C)CC1)NC1CCCCC1.I. The van der Waals surface area contributed by atoms with Crippen LogP contribution in [0.3, 0.4) is 0 Å². The smallest absolute Gasteiger partial charge is 0.191 e. The third kappa shape index (κ3) is 7.04. The van der Waals surface area contributed by atoms with E-state index in [9.17, 15) is 0 Å². The summed E-state index contributed by atoms with van der Waals surface area (Å²) in [5.74, 6) is 1.63. The van der Waals surface area contributed by atoms with E-state index in [1.807, 2.05) is 7.05 Å². The van der Waals surface area contributed by atoms with Gasteiger partial charge < -0.3 is 15.5 Å². The molecule has 1 atom stereocenters. The topological polar surface area (TPSA) is 42.9 Å². The average molecular weight is 451 g/mol. The number of hydrogen-bond donors (Lipinski definition) is 2. The molecule has 2 fully saturated rings. The van der Waals surface area contributed by atoms with Crippen LogP contribution in [-0.4, -0.2) is 74.7 Å². The van der Waals surface area contributed by atoms with Crippen LogP contribution in [0, 0.1) is 5.92 Å². The van der Waals surface area contributed by atoms with Crippen molar-refractivity contribution in [1.29, 1.82) is 0 Å². The fourth-order valence-corrected chi connectivity index (χ4v) is 3.78. The van der Waals surface area contributed by atoms with Gasteiger partial charge in [-0.15, -0.1) is 24.0 Å². The van der Waals surface area contributed by atoms with Crippen LogP contribution in [-0.2, 0) is 0 Å². The number of nitrogens with one attached hydrogen (secondary N) is 2. The van der Waals surface area contributed by atoms with Gasteiger partial charge in [-0.25, -0.2) is 0 Å². The Labute approximate surface area is 166 Å². The summed E-state index contributed by atoms with van der Waals surface area (Å²) in [5, 5.41) is 7.21. The molecule has 1 saturated heterocycles. The standard InChI is InChI=1S/C18H37N5.HI/c1-15(2)17(23-12-10-22(4)11-13-23)14-20-18(19-3)21-16-8-6-5-7-9-16;/h15-17H,5-14H2,1-4H3,(H2,19,20,21);1H. The molecule has 0 radical (unpaired) electrons. The lowest BCUT2D eigenvalue weighted by molar-refractivity contribution is 0.0899. The zero-order valence-corrected chi connectivity index (χ0v) is 18.4. The molecule has 1 unspecified atom stereocenters. The number of hydrogen-bond acceptors (Lipinski definition) is 3. The van der Waals surface area contributed by atoms with Gasteiger partial charge in [0.2, 0.25) is 0 Å². The van der Waals surface area contributed by atoms with Crippen LogP contribution in [0.4, 0.5) is 0 Å². The fraction of sp³-hybridized carbons (Fsp3) is 0.944. The number of aliphatic imine (C=N–C) groups is 1. The lowest BCUT2D eigenvalue weighted by atomic mass is 9.96. The molecule has 142 valence electrons. The van der Waals surface area contributed by atoms with E-state index < -0.39 is 0 Å². The van der Waals surface area contributed by atoms with Gasteiger partial charge in [-0.1, -0.05) is 33.1 Å².